The number of fused-ring (bicyclic) bond motifs is 1. The van der Waals surface area contributed by atoms with Crippen molar-refractivity contribution in [3.05, 3.63) is 25.3 Å². The molecule has 0 aromatic heterocycles. The molecule has 8 heteroatoms. The van der Waals surface area contributed by atoms with Crippen LogP contribution in [0.2, 0.25) is 0 Å². The van der Waals surface area contributed by atoms with Gasteiger partial charge in [0, 0.05) is 13.1 Å². The number of ether oxygens (including phenoxy) is 2. The Bertz CT molecular complexity index is 831. The number of aliphatic hydroxyl groups excluding tert-OH is 1. The summed E-state index contributed by atoms with van der Waals surface area (Å²) in [6.07, 6.45) is 8.03. The van der Waals surface area contributed by atoms with Crippen LogP contribution >= 0.6 is 0 Å². The number of allylic oxidation sites excluding steroid dienone is 1. The highest BCUT2D eigenvalue weighted by atomic mass is 16.6. The first-order valence-electron chi connectivity index (χ1n) is 13.6. The monoisotopic (exact) mass is 504 g/mol. The van der Waals surface area contributed by atoms with Gasteiger partial charge in [-0.3, -0.25) is 14.4 Å². The number of carbonyl (C=O) groups excluding carboxylic acids is 3. The van der Waals surface area contributed by atoms with Gasteiger partial charge in [-0.15, -0.1) is 13.2 Å². The lowest BCUT2D eigenvalue weighted by molar-refractivity contribution is -0.157. The van der Waals surface area contributed by atoms with Crippen LogP contribution in [-0.4, -0.2) is 82.8 Å². The van der Waals surface area contributed by atoms with E-state index in [1.165, 1.54) is 0 Å². The second kappa shape index (κ2) is 12.4. The summed E-state index contributed by atoms with van der Waals surface area (Å²) in [7, 11) is 0. The molecule has 0 saturated carbocycles. The summed E-state index contributed by atoms with van der Waals surface area (Å²) in [6, 6.07) is -1.43. The van der Waals surface area contributed by atoms with Gasteiger partial charge in [-0.05, 0) is 38.0 Å². The predicted octanol–water partition coefficient (Wildman–Crippen LogP) is 3.09. The van der Waals surface area contributed by atoms with E-state index >= 15 is 0 Å². The predicted molar refractivity (Wildman–Crippen MR) is 137 cm³/mol. The number of hydrogen-bond donors (Lipinski definition) is 1. The Morgan fingerprint density at radius 2 is 2.06 bits per heavy atom. The number of likely N-dealkylation sites (tertiary alicyclic amines) is 1. The highest BCUT2D eigenvalue weighted by Crippen LogP contribution is 2.59. The average molecular weight is 505 g/mol. The van der Waals surface area contributed by atoms with Crippen molar-refractivity contribution in [3.63, 3.8) is 0 Å². The average Bonchev–Trinajstić information content (AvgIpc) is 3.52. The number of nitrogens with zero attached hydrogens (tertiary/aromatic N) is 2. The van der Waals surface area contributed by atoms with Gasteiger partial charge in [-0.25, -0.2) is 0 Å². The molecule has 2 amide bonds. The van der Waals surface area contributed by atoms with Crippen LogP contribution in [0.1, 0.15) is 65.7 Å². The van der Waals surface area contributed by atoms with Crippen LogP contribution in [0.3, 0.4) is 0 Å². The Kier molecular flexibility index (Phi) is 9.75. The fourth-order valence-electron chi connectivity index (χ4n) is 6.28. The minimum absolute atomic E-state index is 0.0329. The summed E-state index contributed by atoms with van der Waals surface area (Å²) in [4.78, 5) is 44.8. The maximum Gasteiger partial charge on any atom is 0.312 e. The summed E-state index contributed by atoms with van der Waals surface area (Å²) in [5, 5.41) is 10.4. The van der Waals surface area contributed by atoms with E-state index < -0.39 is 41.6 Å². The lowest BCUT2D eigenvalue weighted by Crippen LogP contribution is -2.59. The van der Waals surface area contributed by atoms with Crippen molar-refractivity contribution >= 4 is 17.8 Å². The zero-order valence-electron chi connectivity index (χ0n) is 22.2. The van der Waals surface area contributed by atoms with Crippen molar-refractivity contribution in [1.29, 1.82) is 0 Å². The van der Waals surface area contributed by atoms with Gasteiger partial charge >= 0.3 is 5.97 Å². The first-order valence-corrected chi connectivity index (χ1v) is 13.6. The summed E-state index contributed by atoms with van der Waals surface area (Å²) < 4.78 is 12.0. The topological polar surface area (TPSA) is 96.4 Å². The van der Waals surface area contributed by atoms with E-state index in [0.717, 1.165) is 25.7 Å². The van der Waals surface area contributed by atoms with Crippen LogP contribution in [0, 0.1) is 17.8 Å². The van der Waals surface area contributed by atoms with Gasteiger partial charge in [0.1, 0.15) is 11.6 Å². The first-order chi connectivity index (χ1) is 17.3. The molecule has 3 fully saturated rings. The lowest BCUT2D eigenvalue weighted by Gasteiger charge is -2.41. The number of hydrogen-bond acceptors (Lipinski definition) is 6. The minimum Gasteiger partial charge on any atom is -0.465 e. The molecule has 3 aliphatic rings. The van der Waals surface area contributed by atoms with Crippen LogP contribution in [0.25, 0.3) is 0 Å². The van der Waals surface area contributed by atoms with Gasteiger partial charge in [0.2, 0.25) is 11.8 Å². The van der Waals surface area contributed by atoms with Crippen molar-refractivity contribution in [2.75, 3.05) is 26.3 Å². The Labute approximate surface area is 215 Å². The molecule has 3 heterocycles. The summed E-state index contributed by atoms with van der Waals surface area (Å²) >= 11 is 0. The molecule has 7 atom stereocenters. The zero-order chi connectivity index (χ0) is 26.5. The lowest BCUT2D eigenvalue weighted by atomic mass is 9.70. The highest BCUT2D eigenvalue weighted by molar-refractivity contribution is 5.98. The smallest absolute Gasteiger partial charge is 0.312 e. The van der Waals surface area contributed by atoms with Crippen LogP contribution in [0.4, 0.5) is 0 Å². The highest BCUT2D eigenvalue weighted by Gasteiger charge is 2.75. The van der Waals surface area contributed by atoms with Crippen molar-refractivity contribution in [2.24, 2.45) is 17.8 Å². The molecule has 8 nitrogen and oxygen atoms in total. The third-order valence-corrected chi connectivity index (χ3v) is 8.33. The third kappa shape index (κ3) is 4.99. The first kappa shape index (κ1) is 28.4. The number of carbonyl (C=O) groups is 3. The molecule has 0 aliphatic carbocycles. The molecule has 3 rings (SSSR count). The van der Waals surface area contributed by atoms with Gasteiger partial charge in [0.05, 0.1) is 37.2 Å². The fourth-order valence-corrected chi connectivity index (χ4v) is 6.28. The number of aliphatic hydroxyl groups is 1. The van der Waals surface area contributed by atoms with Crippen molar-refractivity contribution in [3.8, 4) is 0 Å². The van der Waals surface area contributed by atoms with Gasteiger partial charge in [0.15, 0.2) is 0 Å². The maximum absolute atomic E-state index is 14.2. The molecule has 1 N–H and O–H groups in total. The van der Waals surface area contributed by atoms with E-state index in [1.54, 1.807) is 22.0 Å². The Morgan fingerprint density at radius 1 is 1.31 bits per heavy atom. The minimum atomic E-state index is -1.09. The summed E-state index contributed by atoms with van der Waals surface area (Å²) in [5.41, 5.74) is -1.09. The van der Waals surface area contributed by atoms with Gasteiger partial charge in [0.25, 0.3) is 0 Å². The Balaban J connectivity index is 2.01. The SMILES string of the molecule is C=CCCCOC(=O)[C@@H]1[C@@H]2CCC3(O2)C(C(=O)N(CC=C)CCCC)N([C@@H](CO)[C@@H](C)CC)C(=O)[C@H]13. The summed E-state index contributed by atoms with van der Waals surface area (Å²) in [6.45, 7) is 14.5. The molecule has 3 saturated heterocycles. The van der Waals surface area contributed by atoms with E-state index in [0.29, 0.717) is 32.4 Å². The molecule has 202 valence electrons. The molecule has 0 aromatic carbocycles. The van der Waals surface area contributed by atoms with Crippen LogP contribution < -0.4 is 0 Å². The number of unbranched alkanes of at least 4 members (excludes halogenated alkanes) is 2. The normalized spacial score (nSPS) is 30.1. The molecule has 0 aromatic rings. The number of rotatable bonds is 15. The van der Waals surface area contributed by atoms with E-state index in [9.17, 15) is 19.5 Å². The van der Waals surface area contributed by atoms with Gasteiger partial charge in [-0.1, -0.05) is 45.8 Å². The molecule has 2 unspecified atom stereocenters. The number of amides is 2. The van der Waals surface area contributed by atoms with Crippen molar-refractivity contribution < 1.29 is 29.0 Å². The molecule has 3 aliphatic heterocycles. The second-order valence-electron chi connectivity index (χ2n) is 10.5. The van der Waals surface area contributed by atoms with Crippen LogP contribution in [0.15, 0.2) is 25.3 Å². The van der Waals surface area contributed by atoms with E-state index in [-0.39, 0.29) is 30.9 Å². The van der Waals surface area contributed by atoms with E-state index in [2.05, 4.69) is 20.1 Å². The molecular formula is C28H44N2O6. The van der Waals surface area contributed by atoms with E-state index in [4.69, 9.17) is 9.47 Å². The molecule has 36 heavy (non-hydrogen) atoms. The van der Waals surface area contributed by atoms with Crippen molar-refractivity contribution in [1.82, 2.24) is 9.80 Å². The molecule has 0 radical (unpaired) electrons. The second-order valence-corrected chi connectivity index (χ2v) is 10.5. The van der Waals surface area contributed by atoms with Crippen LogP contribution in [-0.2, 0) is 23.9 Å². The Hall–Kier alpha value is -2.19. The molecular weight excluding hydrogens is 460 g/mol. The zero-order valence-corrected chi connectivity index (χ0v) is 22.2. The standard InChI is InChI=1S/C28H44N2O6/c1-6-10-12-17-35-27(34)22-21-13-14-28(36-21)23(22)25(32)30(20(18-31)19(5)9-4)24(28)26(33)29(15-8-3)16-11-7-2/h6,8,19-24,31H,1,3,7,9-18H2,2,4-5H3/t19-,20-,21-,22+,23-,24?,28?/m0/s1. The fraction of sp³-hybridized carbons (Fsp3) is 0.750. The summed E-state index contributed by atoms with van der Waals surface area (Å²) in [5.74, 6) is -2.47. The van der Waals surface area contributed by atoms with Gasteiger partial charge in [-0.2, -0.15) is 0 Å². The quantitative estimate of drug-likeness (QED) is 0.209. The van der Waals surface area contributed by atoms with E-state index in [1.807, 2.05) is 13.8 Å². The van der Waals surface area contributed by atoms with Crippen LogP contribution in [0.5, 0.6) is 0 Å². The van der Waals surface area contributed by atoms with Crippen molar-refractivity contribution in [2.45, 2.75) is 89.5 Å². The maximum atomic E-state index is 14.2. The van der Waals surface area contributed by atoms with Gasteiger partial charge < -0.3 is 24.4 Å². The third-order valence-electron chi connectivity index (χ3n) is 8.33. The molecule has 2 bridgehead atoms. The molecule has 1 spiro atoms. The Morgan fingerprint density at radius 3 is 2.67 bits per heavy atom. The number of esters is 1. The largest absolute Gasteiger partial charge is 0.465 e.